The summed E-state index contributed by atoms with van der Waals surface area (Å²) in [7, 11) is -1.87. The summed E-state index contributed by atoms with van der Waals surface area (Å²) in [6, 6.07) is 6.29. The van der Waals surface area contributed by atoms with Gasteiger partial charge in [-0.05, 0) is 18.9 Å². The van der Waals surface area contributed by atoms with Gasteiger partial charge >= 0.3 is 0 Å². The number of nitrogens with one attached hydrogen (secondary N) is 1. The molecule has 0 aromatic heterocycles. The zero-order chi connectivity index (χ0) is 17.6. The molecule has 1 aromatic carbocycles. The molecule has 0 saturated carbocycles. The third kappa shape index (κ3) is 4.99. The third-order valence-electron chi connectivity index (χ3n) is 4.17. The van der Waals surface area contributed by atoms with Crippen LogP contribution in [-0.4, -0.2) is 51.2 Å². The summed E-state index contributed by atoms with van der Waals surface area (Å²) in [6.45, 7) is 0.941. The molecule has 0 atom stereocenters. The molecule has 1 aliphatic heterocycles. The molecule has 8 heteroatoms. The summed E-state index contributed by atoms with van der Waals surface area (Å²) in [5.74, 6) is -0.803. The second-order valence-electron chi connectivity index (χ2n) is 5.79. The van der Waals surface area contributed by atoms with E-state index in [2.05, 4.69) is 5.32 Å². The Kier molecular flexibility index (Phi) is 6.70. The lowest BCUT2D eigenvalue weighted by Gasteiger charge is -2.30. The molecule has 1 fully saturated rings. The normalized spacial score (nSPS) is 16.9. The lowest BCUT2D eigenvalue weighted by molar-refractivity contribution is -0.126. The molecular formula is C16H23FN2O4S. The minimum atomic E-state index is -3.33. The van der Waals surface area contributed by atoms with Gasteiger partial charge in [0.15, 0.2) is 0 Å². The zero-order valence-corrected chi connectivity index (χ0v) is 14.5. The Labute approximate surface area is 142 Å². The molecule has 1 aliphatic rings. The van der Waals surface area contributed by atoms with Crippen molar-refractivity contribution in [2.24, 2.45) is 5.92 Å². The smallest absolute Gasteiger partial charge is 0.223 e. The average molecular weight is 358 g/mol. The second-order valence-corrected chi connectivity index (χ2v) is 7.88. The van der Waals surface area contributed by atoms with Crippen molar-refractivity contribution in [1.82, 2.24) is 9.62 Å². The van der Waals surface area contributed by atoms with Gasteiger partial charge in [0.25, 0.3) is 0 Å². The highest BCUT2D eigenvalue weighted by atomic mass is 32.2. The largest absolute Gasteiger partial charge is 0.384 e. The van der Waals surface area contributed by atoms with Crippen LogP contribution in [-0.2, 0) is 26.1 Å². The van der Waals surface area contributed by atoms with Crippen LogP contribution in [0.3, 0.4) is 0 Å². The zero-order valence-electron chi connectivity index (χ0n) is 13.7. The Morgan fingerprint density at radius 1 is 1.33 bits per heavy atom. The second kappa shape index (κ2) is 8.55. The predicted octanol–water partition coefficient (Wildman–Crippen LogP) is 1.13. The molecule has 1 aromatic rings. The summed E-state index contributed by atoms with van der Waals surface area (Å²) in [4.78, 5) is 12.2. The molecule has 0 unspecified atom stereocenters. The van der Waals surface area contributed by atoms with E-state index in [-0.39, 0.29) is 36.5 Å². The Bertz CT molecular complexity index is 658. The summed E-state index contributed by atoms with van der Waals surface area (Å²) in [5, 5.41) is 2.73. The fourth-order valence-electron chi connectivity index (χ4n) is 2.68. The molecule has 0 bridgehead atoms. The van der Waals surface area contributed by atoms with Gasteiger partial charge in [-0.25, -0.2) is 17.1 Å². The van der Waals surface area contributed by atoms with E-state index in [4.69, 9.17) is 4.74 Å². The lowest BCUT2D eigenvalue weighted by atomic mass is 9.97. The highest BCUT2D eigenvalue weighted by Gasteiger charge is 2.30. The maximum Gasteiger partial charge on any atom is 0.223 e. The van der Waals surface area contributed by atoms with Crippen molar-refractivity contribution in [3.63, 3.8) is 0 Å². The summed E-state index contributed by atoms with van der Waals surface area (Å²) < 4.78 is 43.9. The van der Waals surface area contributed by atoms with Crippen LogP contribution < -0.4 is 5.32 Å². The monoisotopic (exact) mass is 358 g/mol. The first-order valence-corrected chi connectivity index (χ1v) is 9.53. The highest BCUT2D eigenvalue weighted by Crippen LogP contribution is 2.20. The lowest BCUT2D eigenvalue weighted by Crippen LogP contribution is -2.44. The fourth-order valence-corrected chi connectivity index (χ4v) is 4.08. The van der Waals surface area contributed by atoms with Gasteiger partial charge in [-0.1, -0.05) is 18.2 Å². The number of carbonyl (C=O) groups excluding carboxylic acids is 1. The Balaban J connectivity index is 1.81. The first-order valence-electron chi connectivity index (χ1n) is 7.92. The molecule has 1 saturated heterocycles. The Hall–Kier alpha value is -1.51. The van der Waals surface area contributed by atoms with Crippen LogP contribution in [0, 0.1) is 11.7 Å². The first kappa shape index (κ1) is 18.8. The van der Waals surface area contributed by atoms with Crippen LogP contribution in [0.2, 0.25) is 0 Å². The van der Waals surface area contributed by atoms with Crippen molar-refractivity contribution < 1.29 is 22.3 Å². The summed E-state index contributed by atoms with van der Waals surface area (Å²) in [5.41, 5.74) is 0.436. The van der Waals surface area contributed by atoms with Crippen LogP contribution in [0.1, 0.15) is 18.4 Å². The molecule has 0 radical (unpaired) electrons. The Morgan fingerprint density at radius 3 is 2.62 bits per heavy atom. The van der Waals surface area contributed by atoms with E-state index in [1.54, 1.807) is 18.2 Å². The van der Waals surface area contributed by atoms with Gasteiger partial charge in [0.05, 0.1) is 12.4 Å². The number of carbonyl (C=O) groups is 1. The van der Waals surface area contributed by atoms with Crippen molar-refractivity contribution in [1.29, 1.82) is 0 Å². The number of sulfonamides is 1. The molecular weight excluding hydrogens is 335 g/mol. The quantitative estimate of drug-likeness (QED) is 0.793. The van der Waals surface area contributed by atoms with Crippen LogP contribution in [0.25, 0.3) is 0 Å². The predicted molar refractivity (Wildman–Crippen MR) is 88.2 cm³/mol. The van der Waals surface area contributed by atoms with E-state index >= 15 is 0 Å². The molecule has 0 spiro atoms. The van der Waals surface area contributed by atoms with Crippen LogP contribution in [0.15, 0.2) is 24.3 Å². The molecule has 2 rings (SSSR count). The standard InChI is InChI=1S/C16H23FN2O4S/c1-23-10-11-24(21,22)19-8-6-13(7-9-19)16(20)18-12-14-4-2-3-5-15(14)17/h2-5,13H,6-12H2,1H3,(H,18,20). The number of amides is 1. The molecule has 1 amide bonds. The van der Waals surface area contributed by atoms with Crippen LogP contribution >= 0.6 is 0 Å². The van der Waals surface area contributed by atoms with Crippen molar-refractivity contribution in [3.05, 3.63) is 35.6 Å². The van der Waals surface area contributed by atoms with E-state index in [9.17, 15) is 17.6 Å². The van der Waals surface area contributed by atoms with Gasteiger partial charge in [0.1, 0.15) is 5.82 Å². The minimum absolute atomic E-state index is 0.0480. The Morgan fingerprint density at radius 2 is 2.00 bits per heavy atom. The molecule has 24 heavy (non-hydrogen) atoms. The highest BCUT2D eigenvalue weighted by molar-refractivity contribution is 7.89. The number of rotatable bonds is 7. The fraction of sp³-hybridized carbons (Fsp3) is 0.562. The maximum atomic E-state index is 13.5. The maximum absolute atomic E-state index is 13.5. The first-order chi connectivity index (χ1) is 11.4. The summed E-state index contributed by atoms with van der Waals surface area (Å²) in [6.07, 6.45) is 0.935. The topological polar surface area (TPSA) is 75.7 Å². The van der Waals surface area contributed by atoms with E-state index < -0.39 is 10.0 Å². The van der Waals surface area contributed by atoms with Crippen molar-refractivity contribution in [2.45, 2.75) is 19.4 Å². The van der Waals surface area contributed by atoms with Gasteiger partial charge in [-0.15, -0.1) is 0 Å². The molecule has 134 valence electrons. The van der Waals surface area contributed by atoms with Crippen molar-refractivity contribution in [3.8, 4) is 0 Å². The number of hydrogen-bond acceptors (Lipinski definition) is 4. The van der Waals surface area contributed by atoms with E-state index in [0.717, 1.165) is 0 Å². The van der Waals surface area contributed by atoms with Gasteiger partial charge in [0.2, 0.25) is 15.9 Å². The van der Waals surface area contributed by atoms with Gasteiger partial charge in [0, 0.05) is 38.2 Å². The average Bonchev–Trinajstić information content (AvgIpc) is 2.59. The number of benzene rings is 1. The van der Waals surface area contributed by atoms with Crippen molar-refractivity contribution >= 4 is 15.9 Å². The van der Waals surface area contributed by atoms with Crippen molar-refractivity contribution in [2.75, 3.05) is 32.6 Å². The molecule has 6 nitrogen and oxygen atoms in total. The molecule has 1 N–H and O–H groups in total. The van der Waals surface area contributed by atoms with E-state index in [1.165, 1.54) is 17.5 Å². The van der Waals surface area contributed by atoms with Gasteiger partial charge in [-0.3, -0.25) is 4.79 Å². The summed E-state index contributed by atoms with van der Waals surface area (Å²) >= 11 is 0. The van der Waals surface area contributed by atoms with Gasteiger partial charge < -0.3 is 10.1 Å². The third-order valence-corrected chi connectivity index (χ3v) is 6.01. The number of methoxy groups -OCH3 is 1. The van der Waals surface area contributed by atoms with Crippen LogP contribution in [0.4, 0.5) is 4.39 Å². The van der Waals surface area contributed by atoms with E-state index in [0.29, 0.717) is 31.5 Å². The number of piperidine rings is 1. The molecule has 0 aliphatic carbocycles. The SMILES string of the molecule is COCCS(=O)(=O)N1CCC(C(=O)NCc2ccccc2F)CC1. The number of nitrogens with zero attached hydrogens (tertiary/aromatic N) is 1. The van der Waals surface area contributed by atoms with E-state index in [1.807, 2.05) is 0 Å². The number of ether oxygens (including phenoxy) is 1. The van der Waals surface area contributed by atoms with Gasteiger partial charge in [-0.2, -0.15) is 0 Å². The molecule has 1 heterocycles. The minimum Gasteiger partial charge on any atom is -0.384 e. The number of halogens is 1. The number of hydrogen-bond donors (Lipinski definition) is 1. The van der Waals surface area contributed by atoms with Crippen LogP contribution in [0.5, 0.6) is 0 Å².